The van der Waals surface area contributed by atoms with E-state index >= 15 is 0 Å². The number of carbonyl (C=O) groups is 2. The van der Waals surface area contributed by atoms with Gasteiger partial charge in [0.25, 0.3) is 0 Å². The first-order valence-corrected chi connectivity index (χ1v) is 7.06. The van der Waals surface area contributed by atoms with Crippen molar-refractivity contribution in [1.29, 1.82) is 0 Å². The highest BCUT2D eigenvalue weighted by atomic mass is 16.5. The predicted molar refractivity (Wildman–Crippen MR) is 80.2 cm³/mol. The zero-order valence-electron chi connectivity index (χ0n) is 12.5. The molecule has 2 rings (SSSR count). The summed E-state index contributed by atoms with van der Waals surface area (Å²) >= 11 is 0. The SMILES string of the molecule is COc1cccc(N2CCN(C(=O)COCC(=O)O)CC2)c1. The summed E-state index contributed by atoms with van der Waals surface area (Å²) in [5.41, 5.74) is 1.06. The molecule has 120 valence electrons. The molecule has 7 nitrogen and oxygen atoms in total. The Labute approximate surface area is 129 Å². The van der Waals surface area contributed by atoms with Crippen molar-refractivity contribution >= 4 is 17.6 Å². The lowest BCUT2D eigenvalue weighted by molar-refractivity contribution is -0.145. The van der Waals surface area contributed by atoms with Gasteiger partial charge in [0.05, 0.1) is 7.11 Å². The maximum Gasteiger partial charge on any atom is 0.329 e. The third-order valence-electron chi connectivity index (χ3n) is 3.50. The number of hydrogen-bond acceptors (Lipinski definition) is 5. The molecule has 0 saturated carbocycles. The van der Waals surface area contributed by atoms with Gasteiger partial charge in [-0.1, -0.05) is 6.07 Å². The van der Waals surface area contributed by atoms with Crippen molar-refractivity contribution in [2.24, 2.45) is 0 Å². The first kappa shape index (κ1) is 16.1. The van der Waals surface area contributed by atoms with Crippen molar-refractivity contribution < 1.29 is 24.2 Å². The maximum atomic E-state index is 11.9. The summed E-state index contributed by atoms with van der Waals surface area (Å²) in [5, 5.41) is 8.47. The van der Waals surface area contributed by atoms with Crippen LogP contribution in [0.25, 0.3) is 0 Å². The number of rotatable bonds is 6. The van der Waals surface area contributed by atoms with Gasteiger partial charge >= 0.3 is 5.97 Å². The second kappa shape index (κ2) is 7.65. The number of benzene rings is 1. The molecule has 0 spiro atoms. The molecule has 1 amide bonds. The Hall–Kier alpha value is -2.28. The van der Waals surface area contributed by atoms with Gasteiger partial charge in [0.2, 0.25) is 5.91 Å². The molecule has 1 fully saturated rings. The van der Waals surface area contributed by atoms with Crippen molar-refractivity contribution in [3.63, 3.8) is 0 Å². The number of hydrogen-bond donors (Lipinski definition) is 1. The van der Waals surface area contributed by atoms with Gasteiger partial charge in [0.15, 0.2) is 0 Å². The average Bonchev–Trinajstić information content (AvgIpc) is 2.54. The van der Waals surface area contributed by atoms with Gasteiger partial charge in [-0.2, -0.15) is 0 Å². The molecule has 0 atom stereocenters. The van der Waals surface area contributed by atoms with Crippen molar-refractivity contribution in [3.05, 3.63) is 24.3 Å². The molecule has 0 aliphatic carbocycles. The van der Waals surface area contributed by atoms with Crippen LogP contribution >= 0.6 is 0 Å². The van der Waals surface area contributed by atoms with Crippen molar-refractivity contribution in [1.82, 2.24) is 4.90 Å². The van der Waals surface area contributed by atoms with Gasteiger partial charge in [-0.15, -0.1) is 0 Å². The van der Waals surface area contributed by atoms with Gasteiger partial charge in [-0.25, -0.2) is 4.79 Å². The van der Waals surface area contributed by atoms with E-state index in [1.807, 2.05) is 24.3 Å². The van der Waals surface area contributed by atoms with Gasteiger partial charge in [0, 0.05) is 37.9 Å². The third-order valence-corrected chi connectivity index (χ3v) is 3.50. The number of carbonyl (C=O) groups excluding carboxylic acids is 1. The number of amides is 1. The van der Waals surface area contributed by atoms with Crippen LogP contribution in [-0.2, 0) is 14.3 Å². The topological polar surface area (TPSA) is 79.3 Å². The third kappa shape index (κ3) is 4.36. The van der Waals surface area contributed by atoms with E-state index in [0.717, 1.165) is 24.5 Å². The fraction of sp³-hybridized carbons (Fsp3) is 0.467. The lowest BCUT2D eigenvalue weighted by Crippen LogP contribution is -2.49. The van der Waals surface area contributed by atoms with Gasteiger partial charge < -0.3 is 24.4 Å². The molecule has 7 heteroatoms. The molecule has 1 aromatic carbocycles. The summed E-state index contributed by atoms with van der Waals surface area (Å²) in [7, 11) is 1.63. The lowest BCUT2D eigenvalue weighted by atomic mass is 10.2. The van der Waals surface area contributed by atoms with Crippen molar-refractivity contribution in [2.75, 3.05) is 51.4 Å². The maximum absolute atomic E-state index is 11.9. The second-order valence-electron chi connectivity index (χ2n) is 4.96. The van der Waals surface area contributed by atoms with Crippen LogP contribution in [-0.4, -0.2) is 68.4 Å². The van der Waals surface area contributed by atoms with E-state index in [4.69, 9.17) is 14.6 Å². The van der Waals surface area contributed by atoms with Crippen LogP contribution in [0.5, 0.6) is 5.75 Å². The second-order valence-corrected chi connectivity index (χ2v) is 4.96. The van der Waals surface area contributed by atoms with Gasteiger partial charge in [0.1, 0.15) is 19.0 Å². The molecular formula is C15H20N2O5. The van der Waals surface area contributed by atoms with Gasteiger partial charge in [-0.3, -0.25) is 4.79 Å². The number of methoxy groups -OCH3 is 1. The fourth-order valence-electron chi connectivity index (χ4n) is 2.34. The molecule has 1 saturated heterocycles. The summed E-state index contributed by atoms with van der Waals surface area (Å²) in [6.07, 6.45) is 0. The molecule has 22 heavy (non-hydrogen) atoms. The lowest BCUT2D eigenvalue weighted by Gasteiger charge is -2.36. The molecule has 1 aliphatic heterocycles. The summed E-state index contributed by atoms with van der Waals surface area (Å²) < 4.78 is 10.0. The zero-order valence-corrected chi connectivity index (χ0v) is 12.5. The Morgan fingerprint density at radius 1 is 1.18 bits per heavy atom. The van der Waals surface area contributed by atoms with E-state index in [-0.39, 0.29) is 12.5 Å². The largest absolute Gasteiger partial charge is 0.497 e. The zero-order chi connectivity index (χ0) is 15.9. The quantitative estimate of drug-likeness (QED) is 0.822. The number of carboxylic acids is 1. The minimum absolute atomic E-state index is 0.174. The van der Waals surface area contributed by atoms with Crippen LogP contribution in [0.1, 0.15) is 0 Å². The molecule has 1 aromatic rings. The smallest absolute Gasteiger partial charge is 0.329 e. The van der Waals surface area contributed by atoms with Crippen LogP contribution in [0.15, 0.2) is 24.3 Å². The predicted octanol–water partition coefficient (Wildman–Crippen LogP) is 0.445. The average molecular weight is 308 g/mol. The standard InChI is InChI=1S/C15H20N2O5/c1-21-13-4-2-3-12(9-13)16-5-7-17(8-6-16)14(18)10-22-11-15(19)20/h2-4,9H,5-8,10-11H2,1H3,(H,19,20). The Morgan fingerprint density at radius 2 is 1.91 bits per heavy atom. The highest BCUT2D eigenvalue weighted by Gasteiger charge is 2.21. The van der Waals surface area contributed by atoms with Crippen molar-refractivity contribution in [3.8, 4) is 5.75 Å². The molecule has 1 aliphatic rings. The van der Waals surface area contributed by atoms with Crippen LogP contribution in [0.3, 0.4) is 0 Å². The normalized spacial score (nSPS) is 14.8. The first-order chi connectivity index (χ1) is 10.6. The van der Waals surface area contributed by atoms with Crippen LogP contribution in [0.2, 0.25) is 0 Å². The molecule has 1 N–H and O–H groups in total. The number of anilines is 1. The Balaban J connectivity index is 1.82. The number of aliphatic carboxylic acids is 1. The molecule has 0 unspecified atom stereocenters. The van der Waals surface area contributed by atoms with E-state index in [0.29, 0.717) is 13.1 Å². The van der Waals surface area contributed by atoms with Crippen LogP contribution < -0.4 is 9.64 Å². The van der Waals surface area contributed by atoms with E-state index in [1.165, 1.54) is 0 Å². The summed E-state index contributed by atoms with van der Waals surface area (Å²) in [6, 6.07) is 7.80. The van der Waals surface area contributed by atoms with Gasteiger partial charge in [-0.05, 0) is 12.1 Å². The summed E-state index contributed by atoms with van der Waals surface area (Å²) in [6.45, 7) is 1.98. The minimum atomic E-state index is -1.07. The van der Waals surface area contributed by atoms with Crippen LogP contribution in [0, 0.1) is 0 Å². The minimum Gasteiger partial charge on any atom is -0.497 e. The Bertz CT molecular complexity index is 526. The van der Waals surface area contributed by atoms with Crippen molar-refractivity contribution in [2.45, 2.75) is 0 Å². The number of ether oxygens (including phenoxy) is 2. The first-order valence-electron chi connectivity index (χ1n) is 7.06. The molecule has 0 aromatic heterocycles. The summed E-state index contributed by atoms with van der Waals surface area (Å²) in [4.78, 5) is 26.1. The highest BCUT2D eigenvalue weighted by molar-refractivity contribution is 5.78. The summed E-state index contributed by atoms with van der Waals surface area (Å²) in [5.74, 6) is -0.444. The fourth-order valence-corrected chi connectivity index (χ4v) is 2.34. The highest BCUT2D eigenvalue weighted by Crippen LogP contribution is 2.22. The Morgan fingerprint density at radius 3 is 2.55 bits per heavy atom. The molecule has 1 heterocycles. The molecule has 0 radical (unpaired) electrons. The van der Waals surface area contributed by atoms with E-state index in [2.05, 4.69) is 4.90 Å². The number of piperazine rings is 1. The van der Waals surface area contributed by atoms with E-state index < -0.39 is 12.6 Å². The monoisotopic (exact) mass is 308 g/mol. The van der Waals surface area contributed by atoms with Crippen LogP contribution in [0.4, 0.5) is 5.69 Å². The number of nitrogens with zero attached hydrogens (tertiary/aromatic N) is 2. The molecular weight excluding hydrogens is 288 g/mol. The Kier molecular flexibility index (Phi) is 5.60. The van der Waals surface area contributed by atoms with E-state index in [1.54, 1.807) is 12.0 Å². The van der Waals surface area contributed by atoms with E-state index in [9.17, 15) is 9.59 Å². The number of carboxylic acid groups (broad SMARTS) is 1. The molecule has 0 bridgehead atoms.